The van der Waals surface area contributed by atoms with E-state index in [-0.39, 0.29) is 0 Å². The molecule has 2 aliphatic rings. The lowest BCUT2D eigenvalue weighted by Gasteiger charge is -2.33. The summed E-state index contributed by atoms with van der Waals surface area (Å²) in [5, 5.41) is 10.7. The third-order valence-corrected chi connectivity index (χ3v) is 5.90. The van der Waals surface area contributed by atoms with Crippen LogP contribution in [0.1, 0.15) is 24.8 Å². The molecule has 1 aliphatic carbocycles. The van der Waals surface area contributed by atoms with Crippen molar-refractivity contribution in [3.8, 4) is 0 Å². The van der Waals surface area contributed by atoms with Gasteiger partial charge in [-0.25, -0.2) is 9.78 Å². The van der Waals surface area contributed by atoms with Gasteiger partial charge < -0.3 is 10.4 Å². The highest BCUT2D eigenvalue weighted by atomic mass is 19.4. The predicted octanol–water partition coefficient (Wildman–Crippen LogP) is 4.07. The molecule has 0 radical (unpaired) electrons. The molecule has 2 aromatic rings. The van der Waals surface area contributed by atoms with Gasteiger partial charge in [0.15, 0.2) is 0 Å². The fourth-order valence-electron chi connectivity index (χ4n) is 4.52. The van der Waals surface area contributed by atoms with E-state index in [0.717, 1.165) is 36.7 Å². The lowest BCUT2D eigenvalue weighted by Crippen LogP contribution is -2.32. The number of pyridine rings is 2. The van der Waals surface area contributed by atoms with Crippen LogP contribution in [0, 0.1) is 17.8 Å². The number of hydrogen-bond donors (Lipinski definition) is 2. The van der Waals surface area contributed by atoms with E-state index < -0.39 is 12.1 Å². The second-order valence-electron chi connectivity index (χ2n) is 8.07. The van der Waals surface area contributed by atoms with Crippen molar-refractivity contribution < 1.29 is 23.1 Å². The number of hydrogen-bond acceptors (Lipinski definition) is 5. The molecule has 0 aromatic carbocycles. The molecule has 4 rings (SSSR count). The van der Waals surface area contributed by atoms with E-state index in [1.54, 1.807) is 0 Å². The Balaban J connectivity index is 0.000000339. The van der Waals surface area contributed by atoms with Crippen LogP contribution in [-0.2, 0) is 11.3 Å². The fraction of sp³-hybridized carbons (Fsp3) is 0.500. The number of carboxylic acids is 1. The molecular formula is C22H27F3N4O2. The summed E-state index contributed by atoms with van der Waals surface area (Å²) in [6.45, 7) is 4.58. The van der Waals surface area contributed by atoms with Crippen LogP contribution in [0.2, 0.25) is 0 Å². The minimum absolute atomic E-state index is 0.768. The van der Waals surface area contributed by atoms with Crippen molar-refractivity contribution in [3.05, 3.63) is 54.5 Å². The molecule has 6 nitrogen and oxygen atoms in total. The number of carboxylic acid groups (broad SMARTS) is 1. The summed E-state index contributed by atoms with van der Waals surface area (Å²) in [7, 11) is 0. The molecule has 1 aliphatic heterocycles. The molecule has 2 fully saturated rings. The number of carbonyl (C=O) groups is 1. The van der Waals surface area contributed by atoms with E-state index in [1.807, 2.05) is 36.8 Å². The largest absolute Gasteiger partial charge is 0.490 e. The van der Waals surface area contributed by atoms with Gasteiger partial charge >= 0.3 is 12.1 Å². The quantitative estimate of drug-likeness (QED) is 0.736. The van der Waals surface area contributed by atoms with Gasteiger partial charge in [0.1, 0.15) is 5.82 Å². The van der Waals surface area contributed by atoms with Gasteiger partial charge in [0.25, 0.3) is 0 Å². The first kappa shape index (κ1) is 23.0. The van der Waals surface area contributed by atoms with Crippen LogP contribution in [0.4, 0.5) is 19.0 Å². The van der Waals surface area contributed by atoms with E-state index in [1.165, 1.54) is 37.9 Å². The Morgan fingerprint density at radius 1 is 1.16 bits per heavy atom. The highest BCUT2D eigenvalue weighted by Crippen LogP contribution is 2.40. The Kier molecular flexibility index (Phi) is 7.84. The van der Waals surface area contributed by atoms with E-state index in [4.69, 9.17) is 9.90 Å². The zero-order chi connectivity index (χ0) is 22.3. The van der Waals surface area contributed by atoms with Crippen LogP contribution in [0.5, 0.6) is 0 Å². The van der Waals surface area contributed by atoms with Crippen molar-refractivity contribution in [1.82, 2.24) is 14.9 Å². The lowest BCUT2D eigenvalue weighted by molar-refractivity contribution is -0.192. The molecule has 2 N–H and O–H groups in total. The second-order valence-corrected chi connectivity index (χ2v) is 8.07. The van der Waals surface area contributed by atoms with Gasteiger partial charge in [-0.05, 0) is 54.4 Å². The van der Waals surface area contributed by atoms with Crippen molar-refractivity contribution in [1.29, 1.82) is 0 Å². The molecule has 3 atom stereocenters. The summed E-state index contributed by atoms with van der Waals surface area (Å²) in [4.78, 5) is 20.2. The number of alkyl halides is 3. The maximum atomic E-state index is 10.6. The summed E-state index contributed by atoms with van der Waals surface area (Å²) in [5.74, 6) is 0.708. The number of nitrogens with zero attached hydrogens (tertiary/aromatic N) is 3. The van der Waals surface area contributed by atoms with Crippen molar-refractivity contribution in [3.63, 3.8) is 0 Å². The summed E-state index contributed by atoms with van der Waals surface area (Å²) in [6.07, 6.45) is 4.75. The molecule has 1 saturated carbocycles. The van der Waals surface area contributed by atoms with Gasteiger partial charge in [-0.2, -0.15) is 13.2 Å². The first-order valence-electron chi connectivity index (χ1n) is 10.4. The lowest BCUT2D eigenvalue weighted by atomic mass is 9.74. The summed E-state index contributed by atoms with van der Waals surface area (Å²) < 4.78 is 31.7. The maximum absolute atomic E-state index is 10.6. The minimum Gasteiger partial charge on any atom is -0.475 e. The van der Waals surface area contributed by atoms with Gasteiger partial charge in [-0.15, -0.1) is 0 Å². The topological polar surface area (TPSA) is 78.4 Å². The van der Waals surface area contributed by atoms with Gasteiger partial charge in [-0.1, -0.05) is 18.6 Å². The van der Waals surface area contributed by atoms with Gasteiger partial charge in [-0.3, -0.25) is 9.88 Å². The van der Waals surface area contributed by atoms with Crippen molar-refractivity contribution in [2.24, 2.45) is 17.8 Å². The van der Waals surface area contributed by atoms with Crippen LogP contribution in [-0.4, -0.2) is 51.8 Å². The Labute approximate surface area is 179 Å². The van der Waals surface area contributed by atoms with E-state index >= 15 is 0 Å². The van der Waals surface area contributed by atoms with Crippen LogP contribution in [0.15, 0.2) is 48.9 Å². The average molecular weight is 436 g/mol. The molecule has 1 saturated heterocycles. The van der Waals surface area contributed by atoms with Crippen LogP contribution in [0.3, 0.4) is 0 Å². The highest BCUT2D eigenvalue weighted by Gasteiger charge is 2.40. The molecule has 0 amide bonds. The average Bonchev–Trinajstić information content (AvgIpc) is 3.16. The summed E-state index contributed by atoms with van der Waals surface area (Å²) in [6, 6.07) is 10.3. The monoisotopic (exact) mass is 436 g/mol. The number of nitrogens with one attached hydrogen (secondary N) is 1. The van der Waals surface area contributed by atoms with Crippen molar-refractivity contribution in [2.45, 2.75) is 32.0 Å². The number of halogens is 3. The van der Waals surface area contributed by atoms with E-state index in [0.29, 0.717) is 0 Å². The number of likely N-dealkylation sites (tertiary alicyclic amines) is 1. The Bertz CT molecular complexity index is 821. The molecule has 0 unspecified atom stereocenters. The zero-order valence-electron chi connectivity index (χ0n) is 17.1. The van der Waals surface area contributed by atoms with Crippen molar-refractivity contribution in [2.75, 3.05) is 25.0 Å². The third kappa shape index (κ3) is 6.92. The molecule has 9 heteroatoms. The molecule has 3 heterocycles. The Hall–Kier alpha value is -2.68. The number of aromatic nitrogens is 2. The van der Waals surface area contributed by atoms with E-state index in [9.17, 15) is 13.2 Å². The van der Waals surface area contributed by atoms with E-state index in [2.05, 4.69) is 32.3 Å². The number of rotatable bonds is 5. The molecular weight excluding hydrogens is 409 g/mol. The fourth-order valence-corrected chi connectivity index (χ4v) is 4.52. The molecule has 0 spiro atoms. The summed E-state index contributed by atoms with van der Waals surface area (Å²) >= 11 is 0. The Morgan fingerprint density at radius 2 is 1.97 bits per heavy atom. The van der Waals surface area contributed by atoms with Crippen LogP contribution < -0.4 is 5.32 Å². The van der Waals surface area contributed by atoms with Crippen LogP contribution in [0.25, 0.3) is 0 Å². The van der Waals surface area contributed by atoms with Crippen LogP contribution >= 0.6 is 0 Å². The van der Waals surface area contributed by atoms with Gasteiger partial charge in [0.2, 0.25) is 0 Å². The molecule has 0 bridgehead atoms. The molecule has 2 aromatic heterocycles. The standard InChI is InChI=1S/C20H26N4.C2HF3O2/c1-2-10-22-20(8-1)23-12-17-6-3-7-18-14-24(15-19(17)18)13-16-5-4-9-21-11-16;3-2(4,5)1(6)7/h1-2,4-5,8-11,17-19H,3,6-7,12-15H2,(H,22,23);(H,6,7)/t17-,18+,19+;/m0./s1. The first-order chi connectivity index (χ1) is 14.8. The normalized spacial score (nSPS) is 23.4. The number of fused-ring (bicyclic) bond motifs is 1. The first-order valence-corrected chi connectivity index (χ1v) is 10.4. The summed E-state index contributed by atoms with van der Waals surface area (Å²) in [5.41, 5.74) is 1.33. The third-order valence-electron chi connectivity index (χ3n) is 5.90. The number of aliphatic carboxylic acids is 1. The van der Waals surface area contributed by atoms with Crippen molar-refractivity contribution >= 4 is 11.8 Å². The predicted molar refractivity (Wildman–Crippen MR) is 110 cm³/mol. The second kappa shape index (κ2) is 10.6. The molecule has 31 heavy (non-hydrogen) atoms. The minimum atomic E-state index is -5.08. The maximum Gasteiger partial charge on any atom is 0.490 e. The van der Waals surface area contributed by atoms with Gasteiger partial charge in [0.05, 0.1) is 0 Å². The number of anilines is 1. The highest BCUT2D eigenvalue weighted by molar-refractivity contribution is 5.73. The zero-order valence-corrected chi connectivity index (χ0v) is 17.1. The SMILES string of the molecule is O=C(O)C(F)(F)F.c1ccc(NC[C@@H]2CCC[C@@H]3CN(Cc4cccnc4)C[C@@H]32)nc1. The molecule has 168 valence electrons. The smallest absolute Gasteiger partial charge is 0.475 e. The Morgan fingerprint density at radius 3 is 2.61 bits per heavy atom. The van der Waals surface area contributed by atoms with Gasteiger partial charge in [0, 0.05) is 44.8 Å².